The lowest BCUT2D eigenvalue weighted by Gasteiger charge is -2.12. The molecule has 0 spiro atoms. The molecule has 2 rings (SSSR count). The Morgan fingerprint density at radius 2 is 1.76 bits per heavy atom. The molecule has 88 valence electrons. The maximum absolute atomic E-state index is 13.7. The van der Waals surface area contributed by atoms with E-state index < -0.39 is 5.82 Å². The fourth-order valence-electron chi connectivity index (χ4n) is 1.53. The first-order valence-corrected chi connectivity index (χ1v) is 5.53. The van der Waals surface area contributed by atoms with Crippen LogP contribution in [0, 0.1) is 12.7 Å². The summed E-state index contributed by atoms with van der Waals surface area (Å²) in [5.41, 5.74) is 8.44. The fraction of sp³-hybridized carbons (Fsp3) is 0.0769. The van der Waals surface area contributed by atoms with E-state index in [1.807, 2.05) is 19.1 Å². The van der Waals surface area contributed by atoms with Gasteiger partial charge in [-0.25, -0.2) is 4.39 Å². The maximum atomic E-state index is 13.7. The molecular weight excluding hydrogens is 239 g/mol. The second kappa shape index (κ2) is 4.63. The fourth-order valence-corrected chi connectivity index (χ4v) is 1.71. The number of halogens is 2. The molecule has 0 fully saturated rings. The highest BCUT2D eigenvalue weighted by molar-refractivity contribution is 6.31. The quantitative estimate of drug-likeness (QED) is 0.787. The summed E-state index contributed by atoms with van der Waals surface area (Å²) in [7, 11) is 0. The average Bonchev–Trinajstić information content (AvgIpc) is 2.31. The summed E-state index contributed by atoms with van der Waals surface area (Å²) in [5, 5.41) is 3.08. The molecule has 3 N–H and O–H groups in total. The largest absolute Gasteiger partial charge is 0.398 e. The predicted octanol–water partition coefficient (Wildman–Crippen LogP) is 4.11. The van der Waals surface area contributed by atoms with Gasteiger partial charge in [-0.05, 0) is 36.8 Å². The molecule has 0 atom stereocenters. The van der Waals surface area contributed by atoms with E-state index >= 15 is 0 Å². The standard InChI is InChI=1S/C13H12ClFN2/c1-8-10(16)5-3-6-11(8)17-12-7-2-4-9(14)13(12)15/h2-7,17H,16H2,1H3. The molecule has 2 nitrogen and oxygen atoms in total. The van der Waals surface area contributed by atoms with Gasteiger partial charge in [0.15, 0.2) is 5.82 Å². The normalized spacial score (nSPS) is 10.3. The molecule has 0 aliphatic carbocycles. The molecule has 0 saturated heterocycles. The lowest BCUT2D eigenvalue weighted by molar-refractivity contribution is 0.632. The zero-order chi connectivity index (χ0) is 12.4. The molecule has 0 aliphatic rings. The number of rotatable bonds is 2. The van der Waals surface area contributed by atoms with Crippen molar-refractivity contribution in [2.75, 3.05) is 11.1 Å². The summed E-state index contributed by atoms with van der Waals surface area (Å²) in [6.07, 6.45) is 0. The van der Waals surface area contributed by atoms with Crippen LogP contribution in [0.2, 0.25) is 5.02 Å². The number of hydrogen-bond donors (Lipinski definition) is 2. The highest BCUT2D eigenvalue weighted by Gasteiger charge is 2.08. The number of nitrogens with one attached hydrogen (secondary N) is 1. The number of nitrogens with two attached hydrogens (primary N) is 1. The number of nitrogen functional groups attached to an aromatic ring is 1. The lowest BCUT2D eigenvalue weighted by Crippen LogP contribution is -1.98. The lowest BCUT2D eigenvalue weighted by atomic mass is 10.1. The van der Waals surface area contributed by atoms with Crippen molar-refractivity contribution in [3.8, 4) is 0 Å². The van der Waals surface area contributed by atoms with Gasteiger partial charge in [0.05, 0.1) is 10.7 Å². The molecule has 2 aromatic carbocycles. The predicted molar refractivity (Wildman–Crippen MR) is 70.3 cm³/mol. The van der Waals surface area contributed by atoms with Crippen molar-refractivity contribution in [1.29, 1.82) is 0 Å². The molecular formula is C13H12ClFN2. The second-order valence-electron chi connectivity index (χ2n) is 3.75. The molecule has 0 unspecified atom stereocenters. The Balaban J connectivity index is 2.38. The molecule has 0 bridgehead atoms. The van der Waals surface area contributed by atoms with Crippen LogP contribution >= 0.6 is 11.6 Å². The molecule has 17 heavy (non-hydrogen) atoms. The molecule has 0 aliphatic heterocycles. The smallest absolute Gasteiger partial charge is 0.165 e. The van der Waals surface area contributed by atoms with E-state index in [1.54, 1.807) is 18.2 Å². The summed E-state index contributed by atoms with van der Waals surface area (Å²) in [6, 6.07) is 10.3. The Morgan fingerprint density at radius 1 is 1.12 bits per heavy atom. The monoisotopic (exact) mass is 250 g/mol. The highest BCUT2D eigenvalue weighted by atomic mass is 35.5. The van der Waals surface area contributed by atoms with Gasteiger partial charge in [-0.2, -0.15) is 0 Å². The van der Waals surface area contributed by atoms with Gasteiger partial charge in [-0.3, -0.25) is 0 Å². The summed E-state index contributed by atoms with van der Waals surface area (Å²) in [4.78, 5) is 0. The topological polar surface area (TPSA) is 38.0 Å². The minimum absolute atomic E-state index is 0.0940. The first kappa shape index (κ1) is 11.7. The van der Waals surface area contributed by atoms with Crippen molar-refractivity contribution in [1.82, 2.24) is 0 Å². The van der Waals surface area contributed by atoms with Gasteiger partial charge in [0.25, 0.3) is 0 Å². The van der Waals surface area contributed by atoms with Crippen LogP contribution in [-0.4, -0.2) is 0 Å². The van der Waals surface area contributed by atoms with Crippen molar-refractivity contribution >= 4 is 28.7 Å². The Hall–Kier alpha value is -1.74. The molecule has 2 aromatic rings. The summed E-state index contributed by atoms with van der Waals surface area (Å²) in [5.74, 6) is -0.462. The number of anilines is 3. The highest BCUT2D eigenvalue weighted by Crippen LogP contribution is 2.28. The Labute approximate surface area is 104 Å². The first-order valence-electron chi connectivity index (χ1n) is 5.15. The molecule has 0 heterocycles. The first-order chi connectivity index (χ1) is 8.09. The van der Waals surface area contributed by atoms with E-state index in [1.165, 1.54) is 6.07 Å². The second-order valence-corrected chi connectivity index (χ2v) is 4.15. The third kappa shape index (κ3) is 2.34. The van der Waals surface area contributed by atoms with Gasteiger partial charge in [-0.1, -0.05) is 23.7 Å². The zero-order valence-corrected chi connectivity index (χ0v) is 10.1. The SMILES string of the molecule is Cc1c(N)cccc1Nc1cccc(Cl)c1F. The van der Waals surface area contributed by atoms with Gasteiger partial charge in [0.2, 0.25) is 0 Å². The van der Waals surface area contributed by atoms with E-state index in [0.29, 0.717) is 11.4 Å². The Bertz CT molecular complexity index is 506. The Kier molecular flexibility index (Phi) is 3.20. The Morgan fingerprint density at radius 3 is 2.53 bits per heavy atom. The van der Waals surface area contributed by atoms with Crippen LogP contribution in [0.25, 0.3) is 0 Å². The summed E-state index contributed by atoms with van der Waals surface area (Å²) < 4.78 is 13.7. The van der Waals surface area contributed by atoms with Crippen LogP contribution in [-0.2, 0) is 0 Å². The van der Waals surface area contributed by atoms with E-state index in [4.69, 9.17) is 17.3 Å². The van der Waals surface area contributed by atoms with Crippen molar-refractivity contribution in [2.24, 2.45) is 0 Å². The third-order valence-electron chi connectivity index (χ3n) is 2.60. The molecule has 0 saturated carbocycles. The summed E-state index contributed by atoms with van der Waals surface area (Å²) >= 11 is 5.71. The van der Waals surface area contributed by atoms with Gasteiger partial charge < -0.3 is 11.1 Å². The minimum Gasteiger partial charge on any atom is -0.398 e. The molecule has 4 heteroatoms. The van der Waals surface area contributed by atoms with E-state index in [2.05, 4.69) is 5.32 Å². The molecule has 0 amide bonds. The van der Waals surface area contributed by atoms with Crippen LogP contribution in [0.3, 0.4) is 0 Å². The maximum Gasteiger partial charge on any atom is 0.165 e. The van der Waals surface area contributed by atoms with Crippen LogP contribution in [0.5, 0.6) is 0 Å². The van der Waals surface area contributed by atoms with Gasteiger partial charge in [-0.15, -0.1) is 0 Å². The van der Waals surface area contributed by atoms with Gasteiger partial charge in [0.1, 0.15) is 0 Å². The average molecular weight is 251 g/mol. The summed E-state index contributed by atoms with van der Waals surface area (Å²) in [6.45, 7) is 1.88. The van der Waals surface area contributed by atoms with E-state index in [0.717, 1.165) is 11.3 Å². The van der Waals surface area contributed by atoms with Crippen LogP contribution in [0.4, 0.5) is 21.5 Å². The molecule has 0 radical (unpaired) electrons. The van der Waals surface area contributed by atoms with Crippen molar-refractivity contribution in [3.63, 3.8) is 0 Å². The number of hydrogen-bond acceptors (Lipinski definition) is 2. The van der Waals surface area contributed by atoms with Gasteiger partial charge in [0, 0.05) is 11.4 Å². The van der Waals surface area contributed by atoms with E-state index in [-0.39, 0.29) is 5.02 Å². The molecule has 0 aromatic heterocycles. The van der Waals surface area contributed by atoms with Gasteiger partial charge >= 0.3 is 0 Å². The van der Waals surface area contributed by atoms with Crippen molar-refractivity contribution < 1.29 is 4.39 Å². The van der Waals surface area contributed by atoms with Crippen molar-refractivity contribution in [2.45, 2.75) is 6.92 Å². The number of benzene rings is 2. The zero-order valence-electron chi connectivity index (χ0n) is 9.30. The van der Waals surface area contributed by atoms with Crippen LogP contribution < -0.4 is 11.1 Å². The minimum atomic E-state index is -0.462. The van der Waals surface area contributed by atoms with Crippen LogP contribution in [0.15, 0.2) is 36.4 Å². The van der Waals surface area contributed by atoms with Crippen LogP contribution in [0.1, 0.15) is 5.56 Å². The van der Waals surface area contributed by atoms with Crippen molar-refractivity contribution in [3.05, 3.63) is 52.8 Å². The third-order valence-corrected chi connectivity index (χ3v) is 2.89. The van der Waals surface area contributed by atoms with E-state index in [9.17, 15) is 4.39 Å².